The van der Waals surface area contributed by atoms with E-state index in [9.17, 15) is 4.79 Å². The van der Waals surface area contributed by atoms with Crippen molar-refractivity contribution in [1.82, 2.24) is 19.5 Å². The summed E-state index contributed by atoms with van der Waals surface area (Å²) < 4.78 is 7.09. The number of aromatic nitrogens is 3. The van der Waals surface area contributed by atoms with Crippen LogP contribution in [0.4, 0.5) is 0 Å². The molecule has 0 N–H and O–H groups in total. The zero-order valence-electron chi connectivity index (χ0n) is 18.1. The Morgan fingerprint density at radius 1 is 1.06 bits per heavy atom. The molecule has 1 fully saturated rings. The van der Waals surface area contributed by atoms with Crippen LogP contribution in [0.2, 0.25) is 0 Å². The SMILES string of the molecule is COc1cccc(-c2ccnc3c(C(=O)N4CCC(Cc5ccccc5)CC4)cnn23)c1. The molecule has 6 nitrogen and oxygen atoms in total. The fourth-order valence-electron chi connectivity index (χ4n) is 4.50. The molecule has 3 heterocycles. The summed E-state index contributed by atoms with van der Waals surface area (Å²) in [5.41, 5.74) is 4.34. The van der Waals surface area contributed by atoms with Crippen molar-refractivity contribution < 1.29 is 9.53 Å². The van der Waals surface area contributed by atoms with Crippen molar-refractivity contribution in [3.05, 3.63) is 84.2 Å². The number of carbonyl (C=O) groups is 1. The molecule has 5 rings (SSSR count). The molecule has 1 aliphatic heterocycles. The van der Waals surface area contributed by atoms with Crippen LogP contribution in [-0.2, 0) is 6.42 Å². The van der Waals surface area contributed by atoms with Gasteiger partial charge in [0.15, 0.2) is 5.65 Å². The number of likely N-dealkylation sites (tertiary alicyclic amines) is 1. The topological polar surface area (TPSA) is 59.7 Å². The van der Waals surface area contributed by atoms with Crippen LogP contribution in [0.15, 0.2) is 73.1 Å². The van der Waals surface area contributed by atoms with Gasteiger partial charge in [-0.25, -0.2) is 9.50 Å². The van der Waals surface area contributed by atoms with E-state index in [0.29, 0.717) is 17.1 Å². The van der Waals surface area contributed by atoms with Gasteiger partial charge in [0, 0.05) is 24.8 Å². The fraction of sp³-hybridized carbons (Fsp3) is 0.269. The minimum atomic E-state index is 0.00783. The number of nitrogens with zero attached hydrogens (tertiary/aromatic N) is 4. The molecular formula is C26H26N4O2. The van der Waals surface area contributed by atoms with Crippen LogP contribution in [0.1, 0.15) is 28.8 Å². The van der Waals surface area contributed by atoms with Gasteiger partial charge in [-0.2, -0.15) is 5.10 Å². The van der Waals surface area contributed by atoms with Crippen LogP contribution >= 0.6 is 0 Å². The normalized spacial score (nSPS) is 14.6. The van der Waals surface area contributed by atoms with Gasteiger partial charge >= 0.3 is 0 Å². The van der Waals surface area contributed by atoms with Gasteiger partial charge in [0.1, 0.15) is 11.3 Å². The Morgan fingerprint density at radius 2 is 1.88 bits per heavy atom. The van der Waals surface area contributed by atoms with Crippen molar-refractivity contribution in [1.29, 1.82) is 0 Å². The smallest absolute Gasteiger partial charge is 0.259 e. The number of hydrogen-bond acceptors (Lipinski definition) is 4. The Morgan fingerprint density at radius 3 is 2.66 bits per heavy atom. The van der Waals surface area contributed by atoms with Crippen molar-refractivity contribution in [3.8, 4) is 17.0 Å². The quantitative estimate of drug-likeness (QED) is 0.471. The van der Waals surface area contributed by atoms with Gasteiger partial charge in [0.05, 0.1) is 19.0 Å². The lowest BCUT2D eigenvalue weighted by Crippen LogP contribution is -2.38. The van der Waals surface area contributed by atoms with E-state index >= 15 is 0 Å². The molecular weight excluding hydrogens is 400 g/mol. The van der Waals surface area contributed by atoms with Crippen molar-refractivity contribution in [2.24, 2.45) is 5.92 Å². The van der Waals surface area contributed by atoms with E-state index in [1.165, 1.54) is 5.56 Å². The first-order chi connectivity index (χ1) is 15.7. The molecule has 1 aliphatic rings. The predicted octanol–water partition coefficient (Wildman–Crippen LogP) is 4.50. The number of fused-ring (bicyclic) bond motifs is 1. The summed E-state index contributed by atoms with van der Waals surface area (Å²) in [5.74, 6) is 1.39. The second-order valence-electron chi connectivity index (χ2n) is 8.28. The van der Waals surface area contributed by atoms with Crippen LogP contribution in [0.3, 0.4) is 0 Å². The lowest BCUT2D eigenvalue weighted by atomic mass is 9.90. The van der Waals surface area contributed by atoms with Gasteiger partial charge in [-0.05, 0) is 48.9 Å². The molecule has 0 unspecified atom stereocenters. The van der Waals surface area contributed by atoms with Gasteiger partial charge in [0.2, 0.25) is 0 Å². The van der Waals surface area contributed by atoms with Gasteiger partial charge in [-0.15, -0.1) is 0 Å². The third-order valence-corrected chi connectivity index (χ3v) is 6.27. The Kier molecular flexibility index (Phi) is 5.58. The molecule has 1 saturated heterocycles. The summed E-state index contributed by atoms with van der Waals surface area (Å²) >= 11 is 0. The fourth-order valence-corrected chi connectivity index (χ4v) is 4.50. The van der Waals surface area contributed by atoms with Crippen LogP contribution < -0.4 is 4.74 Å². The minimum Gasteiger partial charge on any atom is -0.497 e. The highest BCUT2D eigenvalue weighted by molar-refractivity contribution is 6.00. The Labute approximate surface area is 187 Å². The first-order valence-corrected chi connectivity index (χ1v) is 11.0. The van der Waals surface area contributed by atoms with Crippen molar-refractivity contribution >= 4 is 11.6 Å². The lowest BCUT2D eigenvalue weighted by molar-refractivity contribution is 0.0692. The highest BCUT2D eigenvalue weighted by atomic mass is 16.5. The van der Waals surface area contributed by atoms with Crippen LogP contribution in [0.25, 0.3) is 16.9 Å². The van der Waals surface area contributed by atoms with Crippen molar-refractivity contribution in [2.45, 2.75) is 19.3 Å². The van der Waals surface area contributed by atoms with Crippen LogP contribution in [0, 0.1) is 5.92 Å². The second kappa shape index (κ2) is 8.83. The molecule has 162 valence electrons. The maximum absolute atomic E-state index is 13.3. The summed E-state index contributed by atoms with van der Waals surface area (Å²) in [4.78, 5) is 19.7. The van der Waals surface area contributed by atoms with E-state index in [2.05, 4.69) is 40.4 Å². The van der Waals surface area contributed by atoms with E-state index in [1.54, 1.807) is 24.0 Å². The number of carbonyl (C=O) groups excluding carboxylic acids is 1. The summed E-state index contributed by atoms with van der Waals surface area (Å²) in [6.07, 6.45) is 6.48. The third kappa shape index (κ3) is 3.96. The number of amides is 1. The van der Waals surface area contributed by atoms with E-state index in [0.717, 1.165) is 49.4 Å². The molecule has 0 atom stereocenters. The zero-order valence-corrected chi connectivity index (χ0v) is 18.1. The van der Waals surface area contributed by atoms with Crippen molar-refractivity contribution in [3.63, 3.8) is 0 Å². The molecule has 0 spiro atoms. The third-order valence-electron chi connectivity index (χ3n) is 6.27. The number of methoxy groups -OCH3 is 1. The van der Waals surface area contributed by atoms with E-state index in [-0.39, 0.29) is 5.91 Å². The van der Waals surface area contributed by atoms with Crippen LogP contribution in [-0.4, -0.2) is 45.6 Å². The maximum atomic E-state index is 13.3. The van der Waals surface area contributed by atoms with E-state index < -0.39 is 0 Å². The molecule has 4 aromatic rings. The Hall–Kier alpha value is -3.67. The van der Waals surface area contributed by atoms with Gasteiger partial charge < -0.3 is 9.64 Å². The predicted molar refractivity (Wildman–Crippen MR) is 124 cm³/mol. The second-order valence-corrected chi connectivity index (χ2v) is 8.28. The Balaban J connectivity index is 1.34. The van der Waals surface area contributed by atoms with Crippen molar-refractivity contribution in [2.75, 3.05) is 20.2 Å². The first kappa shape index (κ1) is 20.2. The molecule has 2 aromatic carbocycles. The number of ether oxygens (including phenoxy) is 1. The average Bonchev–Trinajstić information content (AvgIpc) is 3.29. The summed E-state index contributed by atoms with van der Waals surface area (Å²) in [6.45, 7) is 1.53. The minimum absolute atomic E-state index is 0.00783. The number of piperidine rings is 1. The summed E-state index contributed by atoms with van der Waals surface area (Å²) in [5, 5.41) is 4.50. The number of rotatable bonds is 5. The van der Waals surface area contributed by atoms with Gasteiger partial charge in [0.25, 0.3) is 5.91 Å². The summed E-state index contributed by atoms with van der Waals surface area (Å²) in [6, 6.07) is 20.3. The highest BCUT2D eigenvalue weighted by Gasteiger charge is 2.26. The molecule has 32 heavy (non-hydrogen) atoms. The largest absolute Gasteiger partial charge is 0.497 e. The molecule has 0 bridgehead atoms. The molecule has 0 radical (unpaired) electrons. The van der Waals surface area contributed by atoms with Gasteiger partial charge in [-0.1, -0.05) is 42.5 Å². The van der Waals surface area contributed by atoms with E-state index in [4.69, 9.17) is 4.74 Å². The molecule has 2 aromatic heterocycles. The lowest BCUT2D eigenvalue weighted by Gasteiger charge is -2.32. The standard InChI is InChI=1S/C26H26N4O2/c1-32-22-9-5-8-21(17-22)24-10-13-27-25-23(18-28-30(24)25)26(31)29-14-11-20(12-15-29)16-19-6-3-2-4-7-19/h2-10,13,17-18,20H,11-12,14-16H2,1H3. The van der Waals surface area contributed by atoms with Gasteiger partial charge in [-0.3, -0.25) is 4.79 Å². The molecule has 1 amide bonds. The molecule has 6 heteroatoms. The average molecular weight is 427 g/mol. The maximum Gasteiger partial charge on any atom is 0.259 e. The number of benzene rings is 2. The monoisotopic (exact) mass is 426 g/mol. The summed E-state index contributed by atoms with van der Waals surface area (Å²) in [7, 11) is 1.65. The molecule has 0 aliphatic carbocycles. The Bertz CT molecular complexity index is 1230. The molecule has 0 saturated carbocycles. The number of hydrogen-bond donors (Lipinski definition) is 0. The van der Waals surface area contributed by atoms with Crippen LogP contribution in [0.5, 0.6) is 5.75 Å². The van der Waals surface area contributed by atoms with E-state index in [1.807, 2.05) is 35.2 Å². The zero-order chi connectivity index (χ0) is 21.9. The first-order valence-electron chi connectivity index (χ1n) is 11.0. The highest BCUT2D eigenvalue weighted by Crippen LogP contribution is 2.26.